The van der Waals surface area contributed by atoms with Crippen molar-refractivity contribution in [3.63, 3.8) is 0 Å². The van der Waals surface area contributed by atoms with Crippen LogP contribution in [0, 0.1) is 0 Å². The molecule has 0 unspecified atom stereocenters. The number of ether oxygens (including phenoxy) is 1. The van der Waals surface area contributed by atoms with Crippen LogP contribution in [0.25, 0.3) is 31.7 Å². The molecule has 1 fully saturated rings. The number of oxazole rings is 1. The summed E-state index contributed by atoms with van der Waals surface area (Å²) in [6, 6.07) is 12.2. The normalized spacial score (nSPS) is 13.6. The molecule has 0 spiro atoms. The number of methoxy groups -OCH3 is 1. The Hall–Kier alpha value is -3.71. The summed E-state index contributed by atoms with van der Waals surface area (Å²) in [5.41, 5.74) is 3.23. The van der Waals surface area contributed by atoms with Crippen LogP contribution in [-0.4, -0.2) is 21.6 Å². The van der Waals surface area contributed by atoms with Crippen LogP contribution in [0.4, 0.5) is 0 Å². The van der Waals surface area contributed by atoms with Gasteiger partial charge in [0.25, 0.3) is 5.56 Å². The monoisotopic (exact) mass is 469 g/mol. The number of hydrogen-bond acceptors (Lipinski definition) is 6. The van der Waals surface area contributed by atoms with Crippen LogP contribution in [0.3, 0.4) is 0 Å². The summed E-state index contributed by atoms with van der Waals surface area (Å²) in [5.74, 6) is 2.53. The van der Waals surface area contributed by atoms with E-state index in [9.17, 15) is 4.79 Å². The number of aromatic nitrogens is 3. The van der Waals surface area contributed by atoms with Crippen molar-refractivity contribution in [2.45, 2.75) is 31.7 Å². The highest BCUT2D eigenvalue weighted by Crippen LogP contribution is 2.45. The summed E-state index contributed by atoms with van der Waals surface area (Å²) >= 11 is 1.56. The van der Waals surface area contributed by atoms with Gasteiger partial charge in [0.15, 0.2) is 6.39 Å². The molecule has 0 bridgehead atoms. The van der Waals surface area contributed by atoms with Crippen molar-refractivity contribution in [2.75, 3.05) is 7.11 Å². The first kappa shape index (κ1) is 20.9. The zero-order valence-corrected chi connectivity index (χ0v) is 19.6. The summed E-state index contributed by atoms with van der Waals surface area (Å²) < 4.78 is 13.8. The number of benzene rings is 2. The highest BCUT2D eigenvalue weighted by atomic mass is 32.1. The van der Waals surface area contributed by atoms with E-state index in [1.54, 1.807) is 29.2 Å². The predicted molar refractivity (Wildman–Crippen MR) is 135 cm³/mol. The van der Waals surface area contributed by atoms with Gasteiger partial charge >= 0.3 is 0 Å². The maximum Gasteiger partial charge on any atom is 0.263 e. The van der Waals surface area contributed by atoms with Crippen molar-refractivity contribution < 1.29 is 9.15 Å². The van der Waals surface area contributed by atoms with Gasteiger partial charge in [-0.25, -0.2) is 9.97 Å². The zero-order valence-electron chi connectivity index (χ0n) is 18.8. The van der Waals surface area contributed by atoms with Crippen LogP contribution < -0.4 is 10.3 Å². The Labute approximate surface area is 200 Å². The van der Waals surface area contributed by atoms with Crippen LogP contribution in [0.5, 0.6) is 5.75 Å². The van der Waals surface area contributed by atoms with Gasteiger partial charge in [-0.15, -0.1) is 17.9 Å². The number of hydrogen-bond donors (Lipinski definition) is 0. The molecule has 1 saturated carbocycles. The Morgan fingerprint density at radius 1 is 1.26 bits per heavy atom. The fourth-order valence-electron chi connectivity index (χ4n) is 4.53. The Bertz CT molecular complexity index is 1590. The van der Waals surface area contributed by atoms with Crippen LogP contribution in [0.2, 0.25) is 0 Å². The van der Waals surface area contributed by atoms with E-state index < -0.39 is 0 Å². The number of thiophene rings is 1. The molecule has 0 radical (unpaired) electrons. The molecule has 1 aliphatic rings. The second-order valence-electron chi connectivity index (χ2n) is 8.63. The molecule has 0 saturated heterocycles. The van der Waals surface area contributed by atoms with Crippen LogP contribution >= 0.6 is 11.3 Å². The van der Waals surface area contributed by atoms with E-state index in [1.165, 1.54) is 17.5 Å². The summed E-state index contributed by atoms with van der Waals surface area (Å²) in [6.45, 7) is 4.10. The van der Waals surface area contributed by atoms with Crippen molar-refractivity contribution in [1.29, 1.82) is 0 Å². The zero-order chi connectivity index (χ0) is 23.2. The van der Waals surface area contributed by atoms with Gasteiger partial charge in [-0.05, 0) is 60.6 Å². The maximum absolute atomic E-state index is 14.0. The minimum absolute atomic E-state index is 0.0725. The van der Waals surface area contributed by atoms with Crippen molar-refractivity contribution in [1.82, 2.24) is 14.5 Å². The molecule has 170 valence electrons. The molecule has 0 N–H and O–H groups in total. The smallest absolute Gasteiger partial charge is 0.263 e. The lowest BCUT2D eigenvalue weighted by atomic mass is 10.0. The first-order valence-corrected chi connectivity index (χ1v) is 12.1. The minimum atomic E-state index is -0.0725. The van der Waals surface area contributed by atoms with E-state index in [2.05, 4.69) is 29.8 Å². The third-order valence-electron chi connectivity index (χ3n) is 6.35. The molecule has 0 aliphatic heterocycles. The van der Waals surface area contributed by atoms with Gasteiger partial charge in [-0.1, -0.05) is 18.2 Å². The van der Waals surface area contributed by atoms with Gasteiger partial charge in [0.1, 0.15) is 22.2 Å². The summed E-state index contributed by atoms with van der Waals surface area (Å²) in [6.07, 6.45) is 7.96. The number of rotatable bonds is 7. The lowest BCUT2D eigenvalue weighted by molar-refractivity contribution is 0.414. The van der Waals surface area contributed by atoms with Crippen LogP contribution in [-0.2, 0) is 13.0 Å². The van der Waals surface area contributed by atoms with E-state index in [1.807, 2.05) is 24.3 Å². The van der Waals surface area contributed by atoms with Gasteiger partial charge in [-0.2, -0.15) is 0 Å². The van der Waals surface area contributed by atoms with Crippen LogP contribution in [0.15, 0.2) is 70.9 Å². The third kappa shape index (κ3) is 3.53. The molecule has 6 nitrogen and oxygen atoms in total. The summed E-state index contributed by atoms with van der Waals surface area (Å²) in [7, 11) is 1.67. The molecule has 0 atom stereocenters. The lowest BCUT2D eigenvalue weighted by Gasteiger charge is -2.15. The Morgan fingerprint density at radius 2 is 2.15 bits per heavy atom. The van der Waals surface area contributed by atoms with Crippen molar-refractivity contribution in [2.24, 2.45) is 0 Å². The lowest BCUT2D eigenvalue weighted by Crippen LogP contribution is -2.24. The molecule has 34 heavy (non-hydrogen) atoms. The highest BCUT2D eigenvalue weighted by Gasteiger charge is 2.29. The van der Waals surface area contributed by atoms with Crippen molar-refractivity contribution in [3.8, 4) is 17.1 Å². The van der Waals surface area contributed by atoms with E-state index in [0.717, 1.165) is 45.5 Å². The second-order valence-corrected chi connectivity index (χ2v) is 9.66. The average Bonchev–Trinajstić information content (AvgIpc) is 3.44. The topological polar surface area (TPSA) is 70.2 Å². The number of fused-ring (bicyclic) bond motifs is 3. The minimum Gasteiger partial charge on any atom is -0.497 e. The highest BCUT2D eigenvalue weighted by molar-refractivity contribution is 7.25. The molecule has 5 aromatic rings. The molecule has 2 aromatic carbocycles. The predicted octanol–water partition coefficient (Wildman–Crippen LogP) is 5.93. The van der Waals surface area contributed by atoms with E-state index >= 15 is 0 Å². The van der Waals surface area contributed by atoms with Crippen molar-refractivity contribution in [3.05, 3.63) is 88.9 Å². The van der Waals surface area contributed by atoms with Gasteiger partial charge in [0, 0.05) is 15.6 Å². The SMILES string of the molecule is C=CCc1ccc2c(c1)sc1nc(-c3ccc(OC)cc3C3CC3)n(Cc3cnco3)c(=O)c12. The van der Waals surface area contributed by atoms with Crippen molar-refractivity contribution >= 4 is 31.6 Å². The standard InChI is InChI=1S/C27H23N3O3S/c1-3-4-16-5-9-21-23(11-16)34-26-24(21)27(31)30(14-19-13-28-15-33-19)25(29-26)20-10-8-18(32-2)12-22(20)17-6-7-17/h3,5,8-13,15,17H,1,4,6-7,14H2,2H3. The molecule has 3 aromatic heterocycles. The number of allylic oxidation sites excluding steroid dienone is 1. The molecule has 7 heteroatoms. The fraction of sp³-hybridized carbons (Fsp3) is 0.222. The summed E-state index contributed by atoms with van der Waals surface area (Å²) in [4.78, 5) is 23.8. The van der Waals surface area contributed by atoms with Crippen LogP contribution in [0.1, 0.15) is 35.6 Å². The van der Waals surface area contributed by atoms with Gasteiger partial charge in [0.2, 0.25) is 0 Å². The van der Waals surface area contributed by atoms with E-state index in [0.29, 0.717) is 22.9 Å². The Morgan fingerprint density at radius 3 is 2.88 bits per heavy atom. The Balaban J connectivity index is 1.63. The molecule has 6 rings (SSSR count). The maximum atomic E-state index is 14.0. The molecular formula is C27H23N3O3S. The molecule has 1 aliphatic carbocycles. The van der Waals surface area contributed by atoms with E-state index in [4.69, 9.17) is 14.1 Å². The summed E-state index contributed by atoms with van der Waals surface area (Å²) in [5, 5.41) is 1.58. The first-order valence-electron chi connectivity index (χ1n) is 11.3. The third-order valence-corrected chi connectivity index (χ3v) is 7.40. The largest absolute Gasteiger partial charge is 0.497 e. The average molecular weight is 470 g/mol. The molecular weight excluding hydrogens is 446 g/mol. The fourth-order valence-corrected chi connectivity index (χ4v) is 5.66. The second kappa shape index (κ2) is 8.25. The molecule has 0 amide bonds. The van der Waals surface area contributed by atoms with Gasteiger partial charge in [-0.3, -0.25) is 9.36 Å². The van der Waals surface area contributed by atoms with Gasteiger partial charge in [0.05, 0.1) is 25.2 Å². The first-order chi connectivity index (χ1) is 16.7. The Kier molecular flexibility index (Phi) is 5.07. The molecule has 3 heterocycles. The van der Waals surface area contributed by atoms with Gasteiger partial charge < -0.3 is 9.15 Å². The van der Waals surface area contributed by atoms with E-state index in [-0.39, 0.29) is 12.1 Å². The quantitative estimate of drug-likeness (QED) is 0.276. The number of nitrogens with zero attached hydrogens (tertiary/aromatic N) is 3.